The number of aliphatic carboxylic acids is 12. The van der Waals surface area contributed by atoms with Gasteiger partial charge in [0.05, 0.1) is 51.4 Å². The molecule has 12 fully saturated rings. The number of hydrogen-bond donors (Lipinski definition) is 20. The maximum absolute atomic E-state index is 13.5. The fourth-order valence-electron chi connectivity index (χ4n) is 20.3. The van der Waals surface area contributed by atoms with E-state index in [9.17, 15) is 131 Å². The van der Waals surface area contributed by atoms with Crippen LogP contribution in [0.3, 0.4) is 0 Å². The Hall–Kier alpha value is -9.22. The molecule has 0 unspecified atom stereocenters. The third kappa shape index (κ3) is 27.1. The van der Waals surface area contributed by atoms with Crippen LogP contribution in [0, 0.1) is 23.7 Å². The van der Waals surface area contributed by atoms with Gasteiger partial charge in [0.25, 0.3) is 40.8 Å². The van der Waals surface area contributed by atoms with Gasteiger partial charge in [-0.1, -0.05) is 53.4 Å². The Bertz CT molecular complexity index is 5140. The fourth-order valence-corrected chi connectivity index (χ4v) is 28.2. The van der Waals surface area contributed by atoms with Crippen molar-refractivity contribution in [1.82, 2.24) is 34.4 Å². The average molecular weight is 2190 g/mol. The first-order valence-electron chi connectivity index (χ1n) is 47.9. The SMILES string of the molecule is CCN([C@@H](C)C1(N)CC1)S(=O)(=O)N1C[C@H](CCCB2OC(=O)C(CC(=O)O)(CC(=O)O)O2)[C@](N)(C(=O)O)C1.CCN([C@@H]1C[C@H]1N)S(=O)(=O)N1C[C@H](CCCB2OC(=O)C(CC(=O)O)(CC(=O)O)O2)[C@](N)(C(=O)O)C1.CCN([C@H](C)C1(N)CC1)S(=O)(=O)N1C[C@H](CCCB2OC(=O)C(CC(=O)O)(CC(=O)O)O2)[C@](N)(C(=O)O)C1.CCN([C@H]1C[C@@H]1N)S(=O)(=O)N1C[C@H](CCCB2OC(=O)C(CC(=O)O)(CC(=O)O)O2)[C@](N)(C(=O)O)C1. The molecule has 14 atom stereocenters. The molecular formula is C80H132B4N16O44S4. The summed E-state index contributed by atoms with van der Waals surface area (Å²) in [7, 11) is -21.1. The first-order valence-corrected chi connectivity index (χ1v) is 53.5. The van der Waals surface area contributed by atoms with Gasteiger partial charge in [0.15, 0.2) is 22.4 Å². The summed E-state index contributed by atoms with van der Waals surface area (Å²) in [6.45, 7) is 8.46. The zero-order chi connectivity index (χ0) is 111. The Labute approximate surface area is 851 Å². The molecule has 28 N–H and O–H groups in total. The van der Waals surface area contributed by atoms with Crippen LogP contribution in [0.5, 0.6) is 0 Å². The smallest absolute Gasteiger partial charge is 0.507 e. The van der Waals surface area contributed by atoms with Crippen molar-refractivity contribution in [2.24, 2.45) is 69.5 Å². The van der Waals surface area contributed by atoms with E-state index in [0.29, 0.717) is 38.5 Å². The summed E-state index contributed by atoms with van der Waals surface area (Å²) in [5.74, 6) is -24.5. The highest BCUT2D eigenvalue weighted by Gasteiger charge is 2.65. The van der Waals surface area contributed by atoms with Gasteiger partial charge in [-0.2, -0.15) is 68.1 Å². The topological polar surface area (TPSA) is 960 Å². The maximum Gasteiger partial charge on any atom is 0.528 e. The van der Waals surface area contributed by atoms with Gasteiger partial charge in [0.1, 0.15) is 22.2 Å². The second-order valence-electron chi connectivity index (χ2n) is 40.0. The summed E-state index contributed by atoms with van der Waals surface area (Å²) in [5, 5.41) is 112. The van der Waals surface area contributed by atoms with Gasteiger partial charge >= 0.3 is 124 Å². The van der Waals surface area contributed by atoms with Gasteiger partial charge in [-0.15, -0.1) is 0 Å². The molecule has 8 aliphatic heterocycles. The summed E-state index contributed by atoms with van der Waals surface area (Å²) in [4.78, 5) is 187. The number of carbonyl (C=O) groups excluding carboxylic acids is 4. The summed E-state index contributed by atoms with van der Waals surface area (Å²) in [6.07, 6.45) is -2.14. The lowest BCUT2D eigenvalue weighted by Crippen LogP contribution is -2.57. The number of hydrogen-bond acceptors (Lipinski definition) is 40. The van der Waals surface area contributed by atoms with Crippen LogP contribution in [0.25, 0.3) is 0 Å². The highest BCUT2D eigenvalue weighted by atomic mass is 32.2. The lowest BCUT2D eigenvalue weighted by molar-refractivity contribution is -0.158. The Morgan fingerprint density at radius 2 is 0.520 bits per heavy atom. The van der Waals surface area contributed by atoms with E-state index >= 15 is 0 Å². The van der Waals surface area contributed by atoms with Crippen molar-refractivity contribution >= 4 is 165 Å². The van der Waals surface area contributed by atoms with E-state index in [4.69, 9.17) is 124 Å². The van der Waals surface area contributed by atoms with Crippen LogP contribution in [0.15, 0.2) is 0 Å². The molecule has 0 radical (unpaired) electrons. The van der Waals surface area contributed by atoms with E-state index in [1.165, 1.54) is 17.2 Å². The molecule has 0 aromatic heterocycles. The second-order valence-corrected chi connectivity index (χ2v) is 47.5. The van der Waals surface area contributed by atoms with Crippen molar-refractivity contribution in [2.45, 2.75) is 300 Å². The quantitative estimate of drug-likeness (QED) is 0.0252. The molecule has 0 spiro atoms. The number of nitrogens with zero attached hydrogens (tertiary/aromatic N) is 8. The molecule has 68 heteroatoms. The molecule has 4 aliphatic carbocycles. The molecule has 0 amide bonds. The summed E-state index contributed by atoms with van der Waals surface area (Å²) < 4.78 is 158. The van der Waals surface area contributed by atoms with Gasteiger partial charge < -0.3 is 144 Å². The molecule has 8 heterocycles. The molecule has 0 aromatic carbocycles. The molecule has 12 aliphatic rings. The summed E-state index contributed by atoms with van der Waals surface area (Å²) in [6, 6.07) is -2.21. The zero-order valence-corrected chi connectivity index (χ0v) is 85.5. The predicted molar refractivity (Wildman–Crippen MR) is 504 cm³/mol. The highest BCUT2D eigenvalue weighted by Crippen LogP contribution is 2.47. The normalized spacial score (nSPS) is 28.6. The van der Waals surface area contributed by atoms with E-state index in [1.807, 2.05) is 0 Å². The number of likely N-dealkylation sites (N-methyl/N-ethyl adjacent to an activating group) is 4. The van der Waals surface area contributed by atoms with Crippen molar-refractivity contribution < 1.29 is 209 Å². The van der Waals surface area contributed by atoms with E-state index in [0.717, 1.165) is 17.2 Å². The Morgan fingerprint density at radius 3 is 0.669 bits per heavy atom. The number of carbonyl (C=O) groups is 16. The van der Waals surface area contributed by atoms with Crippen LogP contribution in [0.1, 0.15) is 183 Å². The van der Waals surface area contributed by atoms with Gasteiger partial charge in [-0.05, 0) is 103 Å². The summed E-state index contributed by atoms with van der Waals surface area (Å²) >= 11 is 0. The molecule has 0 bridgehead atoms. The highest BCUT2D eigenvalue weighted by molar-refractivity contribution is 7.87. The molecule has 60 nitrogen and oxygen atoms in total. The molecule has 8 saturated heterocycles. The van der Waals surface area contributed by atoms with Crippen LogP contribution >= 0.6 is 0 Å². The zero-order valence-electron chi connectivity index (χ0n) is 82.2. The van der Waals surface area contributed by atoms with Crippen molar-refractivity contribution in [3.63, 3.8) is 0 Å². The number of carboxylic acids is 12. The monoisotopic (exact) mass is 2190 g/mol. The molecule has 4 saturated carbocycles. The van der Waals surface area contributed by atoms with Crippen LogP contribution in [0.2, 0.25) is 25.3 Å². The standard InChI is InChI=1S/2C21H35BN4O11S.2C19H31BN4O11S/c2*1-3-26(13(2)19(23)6-7-19)38(34,35)25-11-14(21(24,12-25)17(31)32)5-4-8-22-36-18(33)20(37-22,9-15(27)28)10-16(29)30;2*1-2-24(13-6-12(13)21)36(32,33)23-9-11(19(22,10-23)16(29)30)4-3-5-20-34-17(31)18(35-20,7-14(25)26)8-15(27)28/h2*13-14H,3-12,23-24H2,1-2H3,(H,27,28)(H,29,30)(H,31,32);2*11-13H,2-10,21-22H2,1H3,(H,25,26)(H,27,28)(H,29,30)/t13-,14+,21+;13-,14-,21-;11-,12+,13+,19-;11-,12-,13-,19-/m1000/s1. The van der Waals surface area contributed by atoms with Crippen molar-refractivity contribution in [3.8, 4) is 0 Å². The predicted octanol–water partition coefficient (Wildman–Crippen LogP) is -6.85. The lowest BCUT2D eigenvalue weighted by atomic mass is 9.78. The van der Waals surface area contributed by atoms with Gasteiger partial charge in [0.2, 0.25) is 0 Å². The molecule has 832 valence electrons. The van der Waals surface area contributed by atoms with Gasteiger partial charge in [0, 0.05) is 150 Å². The van der Waals surface area contributed by atoms with Gasteiger partial charge in [-0.25, -0.2) is 0 Å². The van der Waals surface area contributed by atoms with Crippen LogP contribution < -0.4 is 45.9 Å². The fraction of sp³-hybridized carbons (Fsp3) is 0.800. The third-order valence-electron chi connectivity index (χ3n) is 29.6. The van der Waals surface area contributed by atoms with E-state index < -0.39 is 334 Å². The molecule has 0 aromatic rings. The second kappa shape index (κ2) is 46.8. The molecule has 148 heavy (non-hydrogen) atoms. The van der Waals surface area contributed by atoms with Crippen molar-refractivity contribution in [1.29, 1.82) is 0 Å². The largest absolute Gasteiger partial charge is 0.528 e. The minimum absolute atomic E-state index is 0.000506. The first kappa shape index (κ1) is 122. The average Bonchev–Trinajstić information content (AvgIpc) is 1.61. The Morgan fingerprint density at radius 1 is 0.338 bits per heavy atom. The van der Waals surface area contributed by atoms with Crippen LogP contribution in [-0.2, 0) is 155 Å². The molecule has 12 rings (SSSR count). The number of rotatable bonds is 54. The number of carboxylic acid groups (broad SMARTS) is 12. The van der Waals surface area contributed by atoms with Crippen molar-refractivity contribution in [2.75, 3.05) is 78.5 Å². The van der Waals surface area contributed by atoms with E-state index in [2.05, 4.69) is 0 Å². The van der Waals surface area contributed by atoms with E-state index in [1.54, 1.807) is 41.5 Å². The maximum atomic E-state index is 13.5. The van der Waals surface area contributed by atoms with Crippen molar-refractivity contribution in [3.05, 3.63) is 0 Å². The van der Waals surface area contributed by atoms with Crippen LogP contribution in [-0.4, -0.2) is 424 Å². The minimum atomic E-state index is -4.08. The van der Waals surface area contributed by atoms with E-state index in [-0.39, 0.29) is 153 Å². The lowest BCUT2D eigenvalue weighted by Gasteiger charge is -2.34. The van der Waals surface area contributed by atoms with Crippen LogP contribution in [0.4, 0.5) is 0 Å². The third-order valence-corrected chi connectivity index (χ3v) is 37.9. The number of nitrogens with two attached hydrogens (primary N) is 8. The summed E-state index contributed by atoms with van der Waals surface area (Å²) in [5.41, 5.74) is 31.5. The molecular weight excluding hydrogens is 2060 g/mol. The minimum Gasteiger partial charge on any atom is -0.507 e. The Kier molecular flexibility index (Phi) is 38.6. The van der Waals surface area contributed by atoms with Gasteiger partial charge in [-0.3, -0.25) is 76.7 Å². The first-order chi connectivity index (χ1) is 68.3. The Balaban J connectivity index is 0.000000219.